The average Bonchev–Trinajstić information content (AvgIpc) is 3.28. The summed E-state index contributed by atoms with van der Waals surface area (Å²) in [5.41, 5.74) is 1.63. The Kier molecular flexibility index (Phi) is 5.31. The minimum atomic E-state index is -3.21. The fourth-order valence-corrected chi connectivity index (χ4v) is 4.00. The lowest BCUT2D eigenvalue weighted by Gasteiger charge is -2.23. The Labute approximate surface area is 153 Å². The first-order valence-electron chi connectivity index (χ1n) is 8.70. The van der Waals surface area contributed by atoms with E-state index in [4.69, 9.17) is 4.52 Å². The van der Waals surface area contributed by atoms with Crippen LogP contribution < -0.4 is 5.32 Å². The van der Waals surface area contributed by atoms with Crippen molar-refractivity contribution in [2.45, 2.75) is 44.2 Å². The van der Waals surface area contributed by atoms with Crippen LogP contribution in [0.2, 0.25) is 0 Å². The summed E-state index contributed by atoms with van der Waals surface area (Å²) in [6.45, 7) is 4.47. The van der Waals surface area contributed by atoms with Crippen LogP contribution in [0.5, 0.6) is 0 Å². The van der Waals surface area contributed by atoms with Crippen molar-refractivity contribution in [2.75, 3.05) is 12.3 Å². The summed E-state index contributed by atoms with van der Waals surface area (Å²) in [6.07, 6.45) is 1.79. The first kappa shape index (κ1) is 18.4. The lowest BCUT2D eigenvalue weighted by atomic mass is 10.1. The predicted octanol–water partition coefficient (Wildman–Crippen LogP) is 2.82. The predicted molar refractivity (Wildman–Crippen MR) is 96.3 cm³/mol. The zero-order chi connectivity index (χ0) is 18.7. The lowest BCUT2D eigenvalue weighted by Crippen LogP contribution is -2.39. The third-order valence-electron chi connectivity index (χ3n) is 4.61. The minimum absolute atomic E-state index is 0.0653. The monoisotopic (exact) mass is 377 g/mol. The average molecular weight is 377 g/mol. The van der Waals surface area contributed by atoms with E-state index >= 15 is 0 Å². The summed E-state index contributed by atoms with van der Waals surface area (Å²) >= 11 is 0. The molecule has 2 heterocycles. The smallest absolute Gasteiger partial charge is 0.318 e. The number of hydrogen-bond donors (Lipinski definition) is 1. The Morgan fingerprint density at radius 3 is 2.69 bits per heavy atom. The van der Waals surface area contributed by atoms with Crippen LogP contribution in [0.3, 0.4) is 0 Å². The Balaban J connectivity index is 1.61. The van der Waals surface area contributed by atoms with Gasteiger partial charge in [0.05, 0.1) is 16.7 Å². The third kappa shape index (κ3) is 3.90. The van der Waals surface area contributed by atoms with Crippen LogP contribution in [-0.2, 0) is 16.4 Å². The first-order valence-corrected chi connectivity index (χ1v) is 10.4. The molecule has 0 radical (unpaired) electrons. The molecule has 1 aliphatic rings. The van der Waals surface area contributed by atoms with Crippen molar-refractivity contribution in [3.05, 3.63) is 47.3 Å². The second kappa shape index (κ2) is 7.49. The summed E-state index contributed by atoms with van der Waals surface area (Å²) in [6, 6.07) is 8.26. The van der Waals surface area contributed by atoms with Gasteiger partial charge in [-0.1, -0.05) is 24.2 Å². The van der Waals surface area contributed by atoms with Crippen LogP contribution in [-0.4, -0.2) is 36.8 Å². The van der Waals surface area contributed by atoms with E-state index in [0.717, 1.165) is 29.9 Å². The number of amides is 2. The second-order valence-corrected chi connectivity index (χ2v) is 8.70. The Morgan fingerprint density at radius 1 is 1.35 bits per heavy atom. The molecule has 2 amide bonds. The van der Waals surface area contributed by atoms with Crippen molar-refractivity contribution < 1.29 is 17.7 Å². The van der Waals surface area contributed by atoms with Gasteiger partial charge in [-0.2, -0.15) is 0 Å². The molecular formula is C18H23N3O4S. The summed E-state index contributed by atoms with van der Waals surface area (Å²) < 4.78 is 28.8. The van der Waals surface area contributed by atoms with Gasteiger partial charge in [0.25, 0.3) is 0 Å². The molecule has 7 nitrogen and oxygen atoms in total. The molecule has 1 aliphatic heterocycles. The second-order valence-electron chi connectivity index (χ2n) is 6.42. The van der Waals surface area contributed by atoms with Crippen LogP contribution >= 0.6 is 0 Å². The highest BCUT2D eigenvalue weighted by molar-refractivity contribution is 7.91. The maximum Gasteiger partial charge on any atom is 0.318 e. The number of nitrogens with zero attached hydrogens (tertiary/aromatic N) is 2. The number of carbonyl (C=O) groups is 1. The number of aromatic nitrogens is 1. The summed E-state index contributed by atoms with van der Waals surface area (Å²) in [5, 5.41) is 6.93. The van der Waals surface area contributed by atoms with Gasteiger partial charge in [0, 0.05) is 19.2 Å². The largest absolute Gasteiger partial charge is 0.361 e. The summed E-state index contributed by atoms with van der Waals surface area (Å²) in [4.78, 5) is 14.6. The maximum atomic E-state index is 12.5. The van der Waals surface area contributed by atoms with Gasteiger partial charge in [-0.15, -0.1) is 0 Å². The van der Waals surface area contributed by atoms with E-state index in [1.54, 1.807) is 36.1 Å². The van der Waals surface area contributed by atoms with E-state index in [1.165, 1.54) is 0 Å². The molecule has 3 rings (SSSR count). The van der Waals surface area contributed by atoms with Gasteiger partial charge in [0.15, 0.2) is 9.84 Å². The highest BCUT2D eigenvalue weighted by Gasteiger charge is 2.31. The molecule has 140 valence electrons. The van der Waals surface area contributed by atoms with Crippen molar-refractivity contribution in [3.63, 3.8) is 0 Å². The van der Waals surface area contributed by atoms with Crippen molar-refractivity contribution in [2.24, 2.45) is 0 Å². The number of hydrogen-bond acceptors (Lipinski definition) is 5. The van der Waals surface area contributed by atoms with E-state index in [9.17, 15) is 13.2 Å². The topological polar surface area (TPSA) is 92.5 Å². The van der Waals surface area contributed by atoms with E-state index in [2.05, 4.69) is 10.5 Å². The van der Waals surface area contributed by atoms with Gasteiger partial charge in [-0.25, -0.2) is 13.2 Å². The molecule has 2 aromatic rings. The van der Waals surface area contributed by atoms with E-state index < -0.39 is 9.84 Å². The summed E-state index contributed by atoms with van der Waals surface area (Å²) in [7, 11) is -3.21. The number of benzene rings is 1. The van der Waals surface area contributed by atoms with E-state index in [0.29, 0.717) is 18.0 Å². The molecule has 1 unspecified atom stereocenters. The molecule has 1 N–H and O–H groups in total. The summed E-state index contributed by atoms with van der Waals surface area (Å²) in [5.74, 6) is 0.801. The van der Waals surface area contributed by atoms with Crippen LogP contribution in [0.25, 0.3) is 0 Å². The molecule has 0 spiro atoms. The molecule has 1 saturated heterocycles. The van der Waals surface area contributed by atoms with Crippen LogP contribution in [0, 0.1) is 6.92 Å². The molecule has 1 aromatic carbocycles. The zero-order valence-electron chi connectivity index (χ0n) is 14.9. The van der Waals surface area contributed by atoms with Crippen molar-refractivity contribution in [1.29, 1.82) is 0 Å². The molecule has 0 aliphatic carbocycles. The number of rotatable bonds is 5. The number of likely N-dealkylation sites (tertiary alicyclic amines) is 1. The first-order chi connectivity index (χ1) is 12.4. The number of nitrogens with one attached hydrogen (secondary N) is 1. The van der Waals surface area contributed by atoms with Gasteiger partial charge in [-0.3, -0.25) is 0 Å². The van der Waals surface area contributed by atoms with Gasteiger partial charge < -0.3 is 14.7 Å². The molecule has 0 bridgehead atoms. The molecular weight excluding hydrogens is 354 g/mol. The lowest BCUT2D eigenvalue weighted by molar-refractivity contribution is 0.190. The standard InChI is InChI=1S/C18H23N3O4S/c1-3-26(23,24)15-8-6-14(7-9-15)12-19-18(22)21-10-4-5-17(21)16-11-13(2)25-20-16/h6-9,11,17H,3-5,10,12H2,1-2H3,(H,19,22). The third-order valence-corrected chi connectivity index (χ3v) is 6.36. The van der Waals surface area contributed by atoms with E-state index in [1.807, 2.05) is 13.0 Å². The zero-order valence-corrected chi connectivity index (χ0v) is 15.8. The molecule has 26 heavy (non-hydrogen) atoms. The molecule has 1 aromatic heterocycles. The Bertz CT molecular complexity index is 874. The molecule has 8 heteroatoms. The Hall–Kier alpha value is -2.35. The highest BCUT2D eigenvalue weighted by atomic mass is 32.2. The fourth-order valence-electron chi connectivity index (χ4n) is 3.12. The normalized spacial score (nSPS) is 17.5. The number of sulfone groups is 1. The van der Waals surface area contributed by atoms with Gasteiger partial charge >= 0.3 is 6.03 Å². The van der Waals surface area contributed by atoms with Crippen molar-refractivity contribution in [1.82, 2.24) is 15.4 Å². The molecule has 0 saturated carbocycles. The van der Waals surface area contributed by atoms with Crippen LogP contribution in [0.1, 0.15) is 42.8 Å². The van der Waals surface area contributed by atoms with Crippen LogP contribution in [0.4, 0.5) is 4.79 Å². The molecule has 1 atom stereocenters. The van der Waals surface area contributed by atoms with E-state index in [-0.39, 0.29) is 17.8 Å². The van der Waals surface area contributed by atoms with Crippen molar-refractivity contribution >= 4 is 15.9 Å². The van der Waals surface area contributed by atoms with Gasteiger partial charge in [0.1, 0.15) is 11.5 Å². The minimum Gasteiger partial charge on any atom is -0.361 e. The highest BCUT2D eigenvalue weighted by Crippen LogP contribution is 2.31. The maximum absolute atomic E-state index is 12.5. The molecule has 1 fully saturated rings. The quantitative estimate of drug-likeness (QED) is 0.865. The van der Waals surface area contributed by atoms with Gasteiger partial charge in [-0.05, 0) is 37.5 Å². The van der Waals surface area contributed by atoms with Crippen LogP contribution in [0.15, 0.2) is 39.8 Å². The number of carbonyl (C=O) groups excluding carboxylic acids is 1. The fraction of sp³-hybridized carbons (Fsp3) is 0.444. The van der Waals surface area contributed by atoms with Crippen molar-refractivity contribution in [3.8, 4) is 0 Å². The van der Waals surface area contributed by atoms with Gasteiger partial charge in [0.2, 0.25) is 0 Å². The number of aryl methyl sites for hydroxylation is 1. The Morgan fingerprint density at radius 2 is 2.08 bits per heavy atom. The number of urea groups is 1. The SMILES string of the molecule is CCS(=O)(=O)c1ccc(CNC(=O)N2CCCC2c2cc(C)on2)cc1.